The first-order valence-electron chi connectivity index (χ1n) is 6.34. The molecule has 5 nitrogen and oxygen atoms in total. The Morgan fingerprint density at radius 3 is 2.60 bits per heavy atom. The normalized spacial score (nSPS) is 10.3. The number of halogens is 2. The summed E-state index contributed by atoms with van der Waals surface area (Å²) in [7, 11) is 0. The number of hydrogen-bond acceptors (Lipinski definition) is 3. The van der Waals surface area contributed by atoms with Crippen LogP contribution in [0.25, 0.3) is 0 Å². The number of hydrogen-bond donors (Lipinski definition) is 1. The van der Waals surface area contributed by atoms with Crippen LogP contribution in [0.2, 0.25) is 5.02 Å². The molecule has 0 heterocycles. The van der Waals surface area contributed by atoms with Crippen LogP contribution in [0.3, 0.4) is 0 Å². The summed E-state index contributed by atoms with van der Waals surface area (Å²) in [6.07, 6.45) is 3.76. The lowest BCUT2D eigenvalue weighted by molar-refractivity contribution is -0.385. The molecule has 1 amide bonds. The van der Waals surface area contributed by atoms with Crippen molar-refractivity contribution in [2.24, 2.45) is 0 Å². The van der Waals surface area contributed by atoms with E-state index < -0.39 is 10.8 Å². The van der Waals surface area contributed by atoms with Gasteiger partial charge in [0.2, 0.25) is 0 Å². The Labute approximate surface area is 127 Å². The van der Waals surface area contributed by atoms with Crippen LogP contribution in [0, 0.1) is 10.1 Å². The Kier molecular flexibility index (Phi) is 7.33. The Morgan fingerprint density at radius 1 is 1.25 bits per heavy atom. The van der Waals surface area contributed by atoms with Crippen LogP contribution in [0.4, 0.5) is 5.69 Å². The van der Waals surface area contributed by atoms with Crippen molar-refractivity contribution in [2.75, 3.05) is 12.4 Å². The molecule has 0 aliphatic rings. The molecule has 0 bridgehead atoms. The number of nitro groups is 1. The van der Waals surface area contributed by atoms with Gasteiger partial charge in [0.15, 0.2) is 0 Å². The molecule has 0 saturated heterocycles. The Morgan fingerprint density at radius 2 is 1.95 bits per heavy atom. The van der Waals surface area contributed by atoms with Gasteiger partial charge in [-0.1, -0.05) is 24.4 Å². The quantitative estimate of drug-likeness (QED) is 0.343. The Hall–Kier alpha value is -1.33. The zero-order chi connectivity index (χ0) is 15.0. The molecule has 7 heteroatoms. The fraction of sp³-hybridized carbons (Fsp3) is 0.462. The first-order chi connectivity index (χ1) is 9.56. The minimum atomic E-state index is -0.610. The van der Waals surface area contributed by atoms with Crippen LogP contribution in [0.5, 0.6) is 0 Å². The van der Waals surface area contributed by atoms with E-state index in [1.54, 1.807) is 0 Å². The summed E-state index contributed by atoms with van der Waals surface area (Å²) in [5, 5.41) is 13.8. The summed E-state index contributed by atoms with van der Waals surface area (Å²) in [4.78, 5) is 22.2. The van der Waals surface area contributed by atoms with Crippen LogP contribution in [0.15, 0.2) is 18.2 Å². The maximum atomic E-state index is 11.9. The second-order valence-electron chi connectivity index (χ2n) is 4.28. The summed E-state index contributed by atoms with van der Waals surface area (Å²) in [6, 6.07) is 4.00. The topological polar surface area (TPSA) is 72.2 Å². The van der Waals surface area contributed by atoms with Gasteiger partial charge >= 0.3 is 0 Å². The van der Waals surface area contributed by atoms with Gasteiger partial charge in [-0.15, -0.1) is 11.6 Å². The van der Waals surface area contributed by atoms with Crippen molar-refractivity contribution in [3.8, 4) is 0 Å². The molecule has 0 atom stereocenters. The minimum Gasteiger partial charge on any atom is -0.352 e. The van der Waals surface area contributed by atoms with E-state index in [9.17, 15) is 14.9 Å². The van der Waals surface area contributed by atoms with E-state index in [0.717, 1.165) is 25.7 Å². The number of rotatable bonds is 8. The molecule has 0 aliphatic heterocycles. The van der Waals surface area contributed by atoms with E-state index in [4.69, 9.17) is 23.2 Å². The van der Waals surface area contributed by atoms with Gasteiger partial charge in [0.25, 0.3) is 11.6 Å². The van der Waals surface area contributed by atoms with Crippen molar-refractivity contribution in [1.29, 1.82) is 0 Å². The third-order valence-electron chi connectivity index (χ3n) is 2.75. The van der Waals surface area contributed by atoms with Crippen LogP contribution < -0.4 is 5.32 Å². The lowest BCUT2D eigenvalue weighted by Crippen LogP contribution is -2.25. The fourth-order valence-corrected chi connectivity index (χ4v) is 2.07. The molecular formula is C13H16Cl2N2O3. The number of nitrogens with one attached hydrogen (secondary N) is 1. The van der Waals surface area contributed by atoms with Crippen molar-refractivity contribution < 1.29 is 9.72 Å². The molecule has 0 fully saturated rings. The first-order valence-corrected chi connectivity index (χ1v) is 7.25. The van der Waals surface area contributed by atoms with Crippen molar-refractivity contribution in [1.82, 2.24) is 5.32 Å². The molecular weight excluding hydrogens is 303 g/mol. The predicted octanol–water partition coefficient (Wildman–Crippen LogP) is 3.78. The van der Waals surface area contributed by atoms with Gasteiger partial charge in [-0.25, -0.2) is 0 Å². The third-order valence-corrected chi connectivity index (χ3v) is 3.25. The molecule has 0 aliphatic carbocycles. The maximum absolute atomic E-state index is 11.9. The molecule has 1 N–H and O–H groups in total. The molecule has 0 radical (unpaired) electrons. The number of unbranched alkanes of at least 4 members (excludes halogenated alkanes) is 3. The number of carbonyl (C=O) groups is 1. The van der Waals surface area contributed by atoms with Crippen molar-refractivity contribution >= 4 is 34.8 Å². The van der Waals surface area contributed by atoms with Gasteiger partial charge in [0, 0.05) is 23.5 Å². The average molecular weight is 319 g/mol. The molecule has 20 heavy (non-hydrogen) atoms. The van der Waals surface area contributed by atoms with E-state index in [0.29, 0.717) is 12.4 Å². The number of benzene rings is 1. The highest BCUT2D eigenvalue weighted by molar-refractivity contribution is 6.31. The van der Waals surface area contributed by atoms with E-state index in [1.807, 2.05) is 0 Å². The van der Waals surface area contributed by atoms with Gasteiger partial charge in [0.1, 0.15) is 5.56 Å². The zero-order valence-electron chi connectivity index (χ0n) is 10.9. The molecule has 1 rings (SSSR count). The summed E-state index contributed by atoms with van der Waals surface area (Å²) < 4.78 is 0. The molecule has 0 spiro atoms. The van der Waals surface area contributed by atoms with Crippen LogP contribution >= 0.6 is 23.2 Å². The predicted molar refractivity (Wildman–Crippen MR) is 79.6 cm³/mol. The van der Waals surface area contributed by atoms with Crippen LogP contribution in [-0.2, 0) is 0 Å². The summed E-state index contributed by atoms with van der Waals surface area (Å²) >= 11 is 11.3. The van der Waals surface area contributed by atoms with E-state index in [1.165, 1.54) is 18.2 Å². The monoisotopic (exact) mass is 318 g/mol. The van der Waals surface area contributed by atoms with Gasteiger partial charge in [0.05, 0.1) is 4.92 Å². The number of carbonyl (C=O) groups excluding carboxylic acids is 1. The molecule has 1 aromatic rings. The SMILES string of the molecule is O=C(NCCCCCCCl)c1ccc(Cl)cc1[N+](=O)[O-]. The van der Waals surface area contributed by atoms with Gasteiger partial charge in [-0.05, 0) is 25.0 Å². The summed E-state index contributed by atoms with van der Waals surface area (Å²) in [6.45, 7) is 0.487. The molecule has 110 valence electrons. The van der Waals surface area contributed by atoms with Crippen LogP contribution in [-0.4, -0.2) is 23.3 Å². The van der Waals surface area contributed by atoms with E-state index >= 15 is 0 Å². The Balaban J connectivity index is 2.53. The fourth-order valence-electron chi connectivity index (χ4n) is 1.72. The lowest BCUT2D eigenvalue weighted by atomic mass is 10.1. The zero-order valence-corrected chi connectivity index (χ0v) is 12.4. The molecule has 0 unspecified atom stereocenters. The number of nitrogens with zero attached hydrogens (tertiary/aromatic N) is 1. The van der Waals surface area contributed by atoms with Crippen LogP contribution in [0.1, 0.15) is 36.0 Å². The number of alkyl halides is 1. The highest BCUT2D eigenvalue weighted by atomic mass is 35.5. The highest BCUT2D eigenvalue weighted by Crippen LogP contribution is 2.23. The number of nitro benzene ring substituents is 1. The Bertz CT molecular complexity index is 481. The number of amides is 1. The first kappa shape index (κ1) is 16.7. The van der Waals surface area contributed by atoms with Crippen molar-refractivity contribution in [2.45, 2.75) is 25.7 Å². The smallest absolute Gasteiger partial charge is 0.283 e. The standard InChI is InChI=1S/C13H16Cl2N2O3/c14-7-3-1-2-4-8-16-13(18)11-6-5-10(15)9-12(11)17(19)20/h5-6,9H,1-4,7-8H2,(H,16,18). The minimum absolute atomic E-state index is 0.0279. The second kappa shape index (κ2) is 8.76. The third kappa shape index (κ3) is 5.35. The summed E-state index contributed by atoms with van der Waals surface area (Å²) in [5.74, 6) is 0.189. The largest absolute Gasteiger partial charge is 0.352 e. The molecule has 1 aromatic carbocycles. The van der Waals surface area contributed by atoms with Crippen molar-refractivity contribution in [3.05, 3.63) is 38.9 Å². The average Bonchev–Trinajstić information content (AvgIpc) is 2.42. The highest BCUT2D eigenvalue weighted by Gasteiger charge is 2.19. The molecule has 0 aromatic heterocycles. The van der Waals surface area contributed by atoms with Crippen molar-refractivity contribution in [3.63, 3.8) is 0 Å². The lowest BCUT2D eigenvalue weighted by Gasteiger charge is -2.06. The van der Waals surface area contributed by atoms with Gasteiger partial charge < -0.3 is 5.32 Å². The second-order valence-corrected chi connectivity index (χ2v) is 5.09. The van der Waals surface area contributed by atoms with E-state index in [2.05, 4.69) is 5.32 Å². The van der Waals surface area contributed by atoms with Gasteiger partial charge in [-0.3, -0.25) is 14.9 Å². The van der Waals surface area contributed by atoms with Gasteiger partial charge in [-0.2, -0.15) is 0 Å². The van der Waals surface area contributed by atoms with E-state index in [-0.39, 0.29) is 16.3 Å². The maximum Gasteiger partial charge on any atom is 0.283 e. The summed E-state index contributed by atoms with van der Waals surface area (Å²) in [5.41, 5.74) is -0.253. The molecule has 0 saturated carbocycles.